The third-order valence-corrected chi connectivity index (χ3v) is 2.54. The molecule has 2 aromatic rings. The molecule has 2 rings (SSSR count). The van der Waals surface area contributed by atoms with Crippen molar-refractivity contribution in [1.82, 2.24) is 19.7 Å². The quantitative estimate of drug-likeness (QED) is 0.576. The third-order valence-electron chi connectivity index (χ3n) is 2.54. The van der Waals surface area contributed by atoms with Gasteiger partial charge in [0.25, 0.3) is 0 Å². The molecule has 2 heterocycles. The van der Waals surface area contributed by atoms with E-state index in [1.165, 1.54) is 6.33 Å². The molecule has 0 aliphatic rings. The molecule has 20 heavy (non-hydrogen) atoms. The van der Waals surface area contributed by atoms with E-state index in [1.807, 2.05) is 19.2 Å². The monoisotopic (exact) mass is 277 g/mol. The van der Waals surface area contributed by atoms with Crippen LogP contribution in [0.3, 0.4) is 0 Å². The number of rotatable bonds is 7. The van der Waals surface area contributed by atoms with E-state index in [0.717, 1.165) is 0 Å². The van der Waals surface area contributed by atoms with Crippen LogP contribution in [0.4, 0.5) is 17.3 Å². The van der Waals surface area contributed by atoms with Crippen molar-refractivity contribution < 1.29 is 4.92 Å². The van der Waals surface area contributed by atoms with E-state index in [9.17, 15) is 10.1 Å². The number of nitrogens with zero attached hydrogens (tertiary/aromatic N) is 5. The highest BCUT2D eigenvalue weighted by molar-refractivity contribution is 5.69. The molecule has 0 aromatic carbocycles. The average Bonchev–Trinajstić information content (AvgIpc) is 2.92. The second-order valence-electron chi connectivity index (χ2n) is 3.90. The molecule has 9 heteroatoms. The lowest BCUT2D eigenvalue weighted by molar-refractivity contribution is -0.383. The molecule has 0 bridgehead atoms. The van der Waals surface area contributed by atoms with Crippen molar-refractivity contribution in [1.29, 1.82) is 0 Å². The number of aromatic nitrogens is 4. The molecule has 0 saturated heterocycles. The van der Waals surface area contributed by atoms with Gasteiger partial charge in [-0.3, -0.25) is 14.8 Å². The zero-order valence-corrected chi connectivity index (χ0v) is 11.0. The molecule has 0 aliphatic carbocycles. The van der Waals surface area contributed by atoms with E-state index >= 15 is 0 Å². The molecule has 0 atom stereocenters. The highest BCUT2D eigenvalue weighted by Gasteiger charge is 2.22. The van der Waals surface area contributed by atoms with Crippen molar-refractivity contribution in [2.75, 3.05) is 23.7 Å². The van der Waals surface area contributed by atoms with Crippen LogP contribution in [-0.4, -0.2) is 37.8 Å². The molecule has 9 nitrogen and oxygen atoms in total. The summed E-state index contributed by atoms with van der Waals surface area (Å²) in [6.07, 6.45) is 4.79. The summed E-state index contributed by atoms with van der Waals surface area (Å²) in [6.45, 7) is 3.46. The topological polar surface area (TPSA) is 111 Å². The fraction of sp³-hybridized carbons (Fsp3) is 0.364. The molecule has 0 unspecified atom stereocenters. The summed E-state index contributed by atoms with van der Waals surface area (Å²) in [5, 5.41) is 21.0. The maximum atomic E-state index is 11.1. The number of hydrogen-bond donors (Lipinski definition) is 2. The van der Waals surface area contributed by atoms with E-state index < -0.39 is 4.92 Å². The summed E-state index contributed by atoms with van der Waals surface area (Å²) in [5.41, 5.74) is -0.144. The summed E-state index contributed by atoms with van der Waals surface area (Å²) >= 11 is 0. The van der Waals surface area contributed by atoms with Crippen molar-refractivity contribution in [3.05, 3.63) is 34.9 Å². The first kappa shape index (κ1) is 13.7. The van der Waals surface area contributed by atoms with Gasteiger partial charge in [0, 0.05) is 25.5 Å². The van der Waals surface area contributed by atoms with Gasteiger partial charge in [-0.1, -0.05) is 0 Å². The normalized spacial score (nSPS) is 10.2. The first-order valence-electron chi connectivity index (χ1n) is 6.17. The van der Waals surface area contributed by atoms with Gasteiger partial charge in [0.15, 0.2) is 0 Å². The smallest absolute Gasteiger partial charge is 0.353 e. The highest BCUT2D eigenvalue weighted by atomic mass is 16.6. The Labute approximate surface area is 115 Å². The van der Waals surface area contributed by atoms with Crippen LogP contribution in [0, 0.1) is 10.1 Å². The van der Waals surface area contributed by atoms with E-state index in [2.05, 4.69) is 25.7 Å². The summed E-state index contributed by atoms with van der Waals surface area (Å²) in [4.78, 5) is 18.5. The Bertz CT molecular complexity index is 570. The van der Waals surface area contributed by atoms with Gasteiger partial charge in [0.1, 0.15) is 6.33 Å². The van der Waals surface area contributed by atoms with Crippen LogP contribution < -0.4 is 10.6 Å². The van der Waals surface area contributed by atoms with Gasteiger partial charge in [-0.05, 0) is 13.0 Å². The van der Waals surface area contributed by atoms with Crippen LogP contribution >= 0.6 is 0 Å². The lowest BCUT2D eigenvalue weighted by atomic mass is 10.4. The number of anilines is 2. The minimum atomic E-state index is -0.492. The van der Waals surface area contributed by atoms with Crippen LogP contribution in [-0.2, 0) is 6.54 Å². The first-order valence-corrected chi connectivity index (χ1v) is 6.17. The summed E-state index contributed by atoms with van der Waals surface area (Å²) in [6, 6.07) is 1.82. The predicted octanol–water partition coefficient (Wildman–Crippen LogP) is 1.13. The Morgan fingerprint density at radius 3 is 2.70 bits per heavy atom. The van der Waals surface area contributed by atoms with Gasteiger partial charge in [0.05, 0.1) is 11.5 Å². The fourth-order valence-corrected chi connectivity index (χ4v) is 1.70. The Balaban J connectivity index is 2.09. The van der Waals surface area contributed by atoms with Crippen molar-refractivity contribution in [2.45, 2.75) is 13.5 Å². The third kappa shape index (κ3) is 3.19. The van der Waals surface area contributed by atoms with Gasteiger partial charge < -0.3 is 10.6 Å². The zero-order valence-electron chi connectivity index (χ0n) is 11.0. The lowest BCUT2D eigenvalue weighted by Gasteiger charge is -2.09. The molecule has 0 amide bonds. The van der Waals surface area contributed by atoms with E-state index in [-0.39, 0.29) is 17.3 Å². The summed E-state index contributed by atoms with van der Waals surface area (Å²) in [5.74, 6) is 0.419. The molecule has 2 aromatic heterocycles. The van der Waals surface area contributed by atoms with Crippen LogP contribution in [0.5, 0.6) is 0 Å². The van der Waals surface area contributed by atoms with Crippen LogP contribution in [0.1, 0.15) is 6.92 Å². The standard InChI is InChI=1S/C11H15N7O2/c1-2-12-10-9(18(19)20)11(15-8-14-10)13-5-7-17-6-3-4-16-17/h3-4,6,8H,2,5,7H2,1H3,(H2,12,13,14,15). The van der Waals surface area contributed by atoms with Gasteiger partial charge in [0.2, 0.25) is 11.6 Å². The molecule has 0 fully saturated rings. The molecule has 106 valence electrons. The van der Waals surface area contributed by atoms with Gasteiger partial charge in [-0.2, -0.15) is 5.10 Å². The molecule has 0 spiro atoms. The Kier molecular flexibility index (Phi) is 4.43. The second kappa shape index (κ2) is 6.45. The highest BCUT2D eigenvalue weighted by Crippen LogP contribution is 2.28. The second-order valence-corrected chi connectivity index (χ2v) is 3.90. The largest absolute Gasteiger partial charge is 0.364 e. The Morgan fingerprint density at radius 2 is 2.10 bits per heavy atom. The van der Waals surface area contributed by atoms with Crippen molar-refractivity contribution in [2.24, 2.45) is 0 Å². The number of nitro groups is 1. The van der Waals surface area contributed by atoms with Gasteiger partial charge in [-0.25, -0.2) is 9.97 Å². The molecule has 0 saturated carbocycles. The Hall–Kier alpha value is -2.71. The van der Waals surface area contributed by atoms with E-state index in [0.29, 0.717) is 19.6 Å². The van der Waals surface area contributed by atoms with Crippen LogP contribution in [0.2, 0.25) is 0 Å². The number of hydrogen-bond acceptors (Lipinski definition) is 7. The average molecular weight is 277 g/mol. The van der Waals surface area contributed by atoms with Crippen molar-refractivity contribution >= 4 is 17.3 Å². The van der Waals surface area contributed by atoms with Crippen LogP contribution in [0.25, 0.3) is 0 Å². The van der Waals surface area contributed by atoms with Gasteiger partial charge in [-0.15, -0.1) is 0 Å². The van der Waals surface area contributed by atoms with Crippen LogP contribution in [0.15, 0.2) is 24.8 Å². The minimum absolute atomic E-state index is 0.144. The SMILES string of the molecule is CCNc1ncnc(NCCn2cccn2)c1[N+](=O)[O-]. The fourth-order valence-electron chi connectivity index (χ4n) is 1.70. The van der Waals surface area contributed by atoms with E-state index in [1.54, 1.807) is 10.9 Å². The summed E-state index contributed by atoms with van der Waals surface area (Å²) in [7, 11) is 0. The van der Waals surface area contributed by atoms with E-state index in [4.69, 9.17) is 0 Å². The first-order chi connectivity index (χ1) is 9.72. The summed E-state index contributed by atoms with van der Waals surface area (Å²) < 4.78 is 1.73. The lowest BCUT2D eigenvalue weighted by Crippen LogP contribution is -2.14. The molecule has 2 N–H and O–H groups in total. The maximum Gasteiger partial charge on any atom is 0.353 e. The molecule has 0 aliphatic heterocycles. The molecular formula is C11H15N7O2. The molecular weight excluding hydrogens is 262 g/mol. The minimum Gasteiger partial charge on any atom is -0.364 e. The van der Waals surface area contributed by atoms with Gasteiger partial charge >= 0.3 is 5.69 Å². The Morgan fingerprint density at radius 1 is 1.35 bits per heavy atom. The predicted molar refractivity (Wildman–Crippen MR) is 73.6 cm³/mol. The number of nitrogens with one attached hydrogen (secondary N) is 2. The van der Waals surface area contributed by atoms with Crippen molar-refractivity contribution in [3.63, 3.8) is 0 Å². The van der Waals surface area contributed by atoms with Crippen molar-refractivity contribution in [3.8, 4) is 0 Å². The molecule has 0 radical (unpaired) electrons. The maximum absolute atomic E-state index is 11.1. The zero-order chi connectivity index (χ0) is 14.4.